The predicted molar refractivity (Wildman–Crippen MR) is 65.6 cm³/mol. The molecule has 1 aromatic rings. The van der Waals surface area contributed by atoms with Gasteiger partial charge in [-0.2, -0.15) is 0 Å². The predicted octanol–water partition coefficient (Wildman–Crippen LogP) is 3.20. The maximum atomic E-state index is 12.1. The molecule has 2 rings (SSSR count). The van der Waals surface area contributed by atoms with Gasteiger partial charge in [0.15, 0.2) is 0 Å². The summed E-state index contributed by atoms with van der Waals surface area (Å²) in [6.45, 7) is 1.20. The Kier molecular flexibility index (Phi) is 4.10. The van der Waals surface area contributed by atoms with Gasteiger partial charge in [0.1, 0.15) is 5.75 Å². The molecule has 0 spiro atoms. The molecule has 1 aliphatic heterocycles. The zero-order valence-electron chi connectivity index (χ0n) is 9.95. The normalized spacial score (nSPS) is 20.5. The van der Waals surface area contributed by atoms with Gasteiger partial charge in [-0.25, -0.2) is 0 Å². The monoisotopic (exact) mass is 295 g/mol. The summed E-state index contributed by atoms with van der Waals surface area (Å²) in [5, 5.41) is 9.47. The molecule has 3 nitrogen and oxygen atoms in total. The van der Waals surface area contributed by atoms with E-state index in [9.17, 15) is 18.3 Å². The van der Waals surface area contributed by atoms with Crippen molar-refractivity contribution in [1.82, 2.24) is 0 Å². The molecular formula is C12H13ClF3NO2. The van der Waals surface area contributed by atoms with E-state index in [1.165, 1.54) is 18.2 Å². The molecule has 1 atom stereocenters. The van der Waals surface area contributed by atoms with E-state index in [4.69, 9.17) is 11.6 Å². The third-order valence-electron chi connectivity index (χ3n) is 2.90. The van der Waals surface area contributed by atoms with Crippen LogP contribution in [0, 0.1) is 0 Å². The fourth-order valence-electron chi connectivity index (χ4n) is 2.08. The molecule has 1 saturated heterocycles. The number of alkyl halides is 3. The smallest absolute Gasteiger partial charge is 0.404 e. The number of aliphatic hydroxyl groups excluding tert-OH is 1. The van der Waals surface area contributed by atoms with Gasteiger partial charge in [0.25, 0.3) is 0 Å². The lowest BCUT2D eigenvalue weighted by Crippen LogP contribution is -2.38. The van der Waals surface area contributed by atoms with E-state index < -0.39 is 18.2 Å². The highest BCUT2D eigenvalue weighted by molar-refractivity contribution is 6.32. The number of anilines is 1. The summed E-state index contributed by atoms with van der Waals surface area (Å²) in [6.07, 6.45) is -3.61. The van der Waals surface area contributed by atoms with Crippen LogP contribution in [0.25, 0.3) is 0 Å². The van der Waals surface area contributed by atoms with Crippen LogP contribution in [0.5, 0.6) is 5.75 Å². The zero-order chi connectivity index (χ0) is 14.0. The summed E-state index contributed by atoms with van der Waals surface area (Å²) in [6, 6.07) is 4.11. The van der Waals surface area contributed by atoms with E-state index in [2.05, 4.69) is 4.74 Å². The van der Waals surface area contributed by atoms with Crippen molar-refractivity contribution in [3.05, 3.63) is 23.2 Å². The second-order valence-corrected chi connectivity index (χ2v) is 4.81. The fourth-order valence-corrected chi connectivity index (χ4v) is 2.30. The van der Waals surface area contributed by atoms with Gasteiger partial charge in [-0.05, 0) is 31.0 Å². The maximum absolute atomic E-state index is 12.1. The quantitative estimate of drug-likeness (QED) is 0.909. The molecule has 0 amide bonds. The van der Waals surface area contributed by atoms with Crippen LogP contribution in [0.1, 0.15) is 12.8 Å². The highest BCUT2D eigenvalue weighted by Gasteiger charge is 2.32. The second-order valence-electron chi connectivity index (χ2n) is 4.40. The second kappa shape index (κ2) is 5.46. The number of aliphatic hydroxyl groups is 1. The summed E-state index contributed by atoms with van der Waals surface area (Å²) in [5.41, 5.74) is 0.679. The van der Waals surface area contributed by atoms with Crippen LogP contribution >= 0.6 is 11.6 Å². The fraction of sp³-hybridized carbons (Fsp3) is 0.500. The van der Waals surface area contributed by atoms with E-state index in [-0.39, 0.29) is 5.02 Å². The number of rotatable bonds is 2. The minimum atomic E-state index is -4.76. The lowest BCUT2D eigenvalue weighted by atomic mass is 10.1. The Balaban J connectivity index is 2.14. The first-order valence-electron chi connectivity index (χ1n) is 5.83. The Morgan fingerprint density at radius 1 is 1.37 bits per heavy atom. The van der Waals surface area contributed by atoms with Crippen molar-refractivity contribution >= 4 is 17.3 Å². The lowest BCUT2D eigenvalue weighted by molar-refractivity contribution is -0.274. The van der Waals surface area contributed by atoms with Crippen molar-refractivity contribution in [1.29, 1.82) is 0 Å². The van der Waals surface area contributed by atoms with E-state index >= 15 is 0 Å². The minimum Gasteiger partial charge on any atom is -0.404 e. The number of β-amino-alcohol motifs (C(OH)–C–C–N with tert-alkyl or cyclic N) is 1. The Bertz CT molecular complexity index is 453. The molecule has 19 heavy (non-hydrogen) atoms. The Labute approximate surface area is 113 Å². The summed E-state index contributed by atoms with van der Waals surface area (Å²) < 4.78 is 40.1. The molecule has 1 heterocycles. The van der Waals surface area contributed by atoms with Crippen molar-refractivity contribution in [2.75, 3.05) is 18.0 Å². The van der Waals surface area contributed by atoms with E-state index in [0.29, 0.717) is 12.2 Å². The molecule has 0 saturated carbocycles. The molecule has 1 unspecified atom stereocenters. The highest BCUT2D eigenvalue weighted by atomic mass is 35.5. The number of piperidine rings is 1. The molecule has 0 bridgehead atoms. The zero-order valence-corrected chi connectivity index (χ0v) is 10.7. The van der Waals surface area contributed by atoms with Crippen molar-refractivity contribution in [2.45, 2.75) is 25.3 Å². The van der Waals surface area contributed by atoms with Gasteiger partial charge in [-0.15, -0.1) is 13.2 Å². The van der Waals surface area contributed by atoms with Crippen LogP contribution in [0.3, 0.4) is 0 Å². The van der Waals surface area contributed by atoms with Crippen molar-refractivity contribution in [3.63, 3.8) is 0 Å². The van der Waals surface area contributed by atoms with Gasteiger partial charge in [0.05, 0.1) is 11.1 Å². The topological polar surface area (TPSA) is 32.7 Å². The standard InChI is InChI=1S/C12H13ClF3NO2/c13-10-6-8(17-5-1-2-9(18)7-17)3-4-11(10)19-12(14,15)16/h3-4,6,9,18H,1-2,5,7H2. The average molecular weight is 296 g/mol. The minimum absolute atomic E-state index is 0.102. The van der Waals surface area contributed by atoms with Gasteiger partial charge in [-0.1, -0.05) is 11.6 Å². The van der Waals surface area contributed by atoms with Crippen LogP contribution in [0.2, 0.25) is 5.02 Å². The summed E-state index contributed by atoms with van der Waals surface area (Å²) >= 11 is 5.78. The Morgan fingerprint density at radius 2 is 2.11 bits per heavy atom. The van der Waals surface area contributed by atoms with E-state index in [0.717, 1.165) is 19.4 Å². The van der Waals surface area contributed by atoms with Gasteiger partial charge >= 0.3 is 6.36 Å². The first kappa shape index (κ1) is 14.3. The number of benzene rings is 1. The summed E-state index contributed by atoms with van der Waals surface area (Å²) in [5.74, 6) is -0.421. The van der Waals surface area contributed by atoms with Crippen LogP contribution in [0.4, 0.5) is 18.9 Å². The Morgan fingerprint density at radius 3 is 2.68 bits per heavy atom. The van der Waals surface area contributed by atoms with Crippen LogP contribution < -0.4 is 9.64 Å². The first-order chi connectivity index (χ1) is 8.85. The summed E-state index contributed by atoms with van der Waals surface area (Å²) in [4.78, 5) is 1.89. The van der Waals surface area contributed by atoms with Gasteiger partial charge in [0.2, 0.25) is 0 Å². The first-order valence-corrected chi connectivity index (χ1v) is 6.21. The third kappa shape index (κ3) is 3.91. The largest absolute Gasteiger partial charge is 0.573 e. The Hall–Kier alpha value is -1.14. The highest BCUT2D eigenvalue weighted by Crippen LogP contribution is 2.33. The summed E-state index contributed by atoms with van der Waals surface area (Å²) in [7, 11) is 0. The van der Waals surface area contributed by atoms with Gasteiger partial charge in [0, 0.05) is 18.8 Å². The van der Waals surface area contributed by atoms with Crippen LogP contribution in [-0.4, -0.2) is 30.7 Å². The molecule has 0 aromatic heterocycles. The number of nitrogens with zero attached hydrogens (tertiary/aromatic N) is 1. The molecule has 1 aromatic carbocycles. The molecule has 0 radical (unpaired) electrons. The molecule has 7 heteroatoms. The SMILES string of the molecule is OC1CCCN(c2ccc(OC(F)(F)F)c(Cl)c2)C1. The molecule has 0 aliphatic carbocycles. The van der Waals surface area contributed by atoms with Crippen LogP contribution in [0.15, 0.2) is 18.2 Å². The van der Waals surface area contributed by atoms with Gasteiger partial charge < -0.3 is 14.7 Å². The number of hydrogen-bond donors (Lipinski definition) is 1. The van der Waals surface area contributed by atoms with E-state index in [1.54, 1.807) is 0 Å². The average Bonchev–Trinajstić information content (AvgIpc) is 2.30. The molecule has 106 valence electrons. The maximum Gasteiger partial charge on any atom is 0.573 e. The molecule has 1 N–H and O–H groups in total. The third-order valence-corrected chi connectivity index (χ3v) is 3.20. The molecule has 1 aliphatic rings. The van der Waals surface area contributed by atoms with Gasteiger partial charge in [-0.3, -0.25) is 0 Å². The van der Waals surface area contributed by atoms with Crippen LogP contribution in [-0.2, 0) is 0 Å². The van der Waals surface area contributed by atoms with E-state index in [1.807, 2.05) is 4.90 Å². The number of hydrogen-bond acceptors (Lipinski definition) is 3. The molecular weight excluding hydrogens is 283 g/mol. The number of halogens is 4. The van der Waals surface area contributed by atoms with Crippen molar-refractivity contribution < 1.29 is 23.0 Å². The number of ether oxygens (including phenoxy) is 1. The molecule has 1 fully saturated rings. The van der Waals surface area contributed by atoms with Crippen molar-refractivity contribution in [2.24, 2.45) is 0 Å². The lowest BCUT2D eigenvalue weighted by Gasteiger charge is -2.32. The van der Waals surface area contributed by atoms with Crippen molar-refractivity contribution in [3.8, 4) is 5.75 Å².